The number of nitrogen functional groups attached to an aromatic ring is 1. The van der Waals surface area contributed by atoms with Crippen LogP contribution in [0.15, 0.2) is 73.1 Å². The van der Waals surface area contributed by atoms with Crippen molar-refractivity contribution in [2.75, 3.05) is 61.3 Å². The van der Waals surface area contributed by atoms with E-state index in [1.54, 1.807) is 34.2 Å². The minimum absolute atomic E-state index is 0.0272. The van der Waals surface area contributed by atoms with E-state index in [9.17, 15) is 19.5 Å². The first kappa shape index (κ1) is 42.2. The summed E-state index contributed by atoms with van der Waals surface area (Å²) in [6.07, 6.45) is 6.78. The van der Waals surface area contributed by atoms with Crippen molar-refractivity contribution >= 4 is 46.1 Å². The molecule has 4 fully saturated rings. The summed E-state index contributed by atoms with van der Waals surface area (Å²) in [5.41, 5.74) is 11.0. The van der Waals surface area contributed by atoms with Gasteiger partial charge in [-0.1, -0.05) is 31.2 Å². The van der Waals surface area contributed by atoms with Crippen LogP contribution >= 0.6 is 0 Å². The average molecular weight is 859 g/mol. The number of aromatic hydroxyl groups is 1. The van der Waals surface area contributed by atoms with Crippen molar-refractivity contribution in [2.24, 2.45) is 0 Å². The number of nitrogens with two attached hydrogens (primary N) is 1. The number of amides is 4. The molecule has 4 N–H and O–H groups in total. The lowest BCUT2D eigenvalue weighted by Gasteiger charge is -2.44. The SMILES string of the molecule is CCc1cn(C2CCN(CC3(F)CCN(C(=O)c4ccc([C@@H]5CN(c6cc(-c7ccccc7O)nnc6N)[C@H](C)[C@H](C)O5)cc4)CC3)CC2)c2ncc(N3CCC(=O)NC3=O)cc12. The maximum atomic E-state index is 16.4. The second-order valence-electron chi connectivity index (χ2n) is 17.5. The molecule has 4 saturated heterocycles. The number of carbonyl (C=O) groups excluding carboxylic acids is 3. The zero-order valence-electron chi connectivity index (χ0n) is 36.0. The molecule has 4 amide bonds. The van der Waals surface area contributed by atoms with E-state index in [2.05, 4.69) is 49.9 Å². The van der Waals surface area contributed by atoms with Gasteiger partial charge in [-0.25, -0.2) is 14.2 Å². The first-order valence-electron chi connectivity index (χ1n) is 22.1. The number of para-hydroxylation sites is 1. The minimum Gasteiger partial charge on any atom is -0.507 e. The molecule has 15 nitrogen and oxygen atoms in total. The molecule has 0 spiro atoms. The molecule has 330 valence electrons. The molecule has 0 bridgehead atoms. The van der Waals surface area contributed by atoms with Crippen LogP contribution in [0.4, 0.5) is 26.4 Å². The topological polar surface area (TPSA) is 175 Å². The fourth-order valence-corrected chi connectivity index (χ4v) is 9.71. The summed E-state index contributed by atoms with van der Waals surface area (Å²) in [5, 5.41) is 22.3. The highest BCUT2D eigenvalue weighted by atomic mass is 19.1. The van der Waals surface area contributed by atoms with E-state index in [0.717, 1.165) is 54.5 Å². The number of benzene rings is 2. The van der Waals surface area contributed by atoms with Crippen LogP contribution < -0.4 is 20.9 Å². The molecule has 9 rings (SSSR count). The van der Waals surface area contributed by atoms with E-state index in [1.807, 2.05) is 49.4 Å². The number of halogens is 1. The van der Waals surface area contributed by atoms with Gasteiger partial charge in [-0.3, -0.25) is 19.8 Å². The number of aryl methyl sites for hydroxylation is 1. The van der Waals surface area contributed by atoms with E-state index in [0.29, 0.717) is 60.9 Å². The Balaban J connectivity index is 0.788. The number of nitrogens with one attached hydrogen (secondary N) is 1. The summed E-state index contributed by atoms with van der Waals surface area (Å²) in [5.74, 6) is 0.0180. The third-order valence-electron chi connectivity index (χ3n) is 13.6. The van der Waals surface area contributed by atoms with Crippen molar-refractivity contribution in [1.29, 1.82) is 0 Å². The Morgan fingerprint density at radius 2 is 1.75 bits per heavy atom. The van der Waals surface area contributed by atoms with Crippen molar-refractivity contribution in [1.82, 2.24) is 34.9 Å². The van der Waals surface area contributed by atoms with Crippen molar-refractivity contribution < 1.29 is 28.6 Å². The molecule has 3 aromatic heterocycles. The number of imide groups is 1. The molecule has 0 radical (unpaired) electrons. The second-order valence-corrected chi connectivity index (χ2v) is 17.5. The summed E-state index contributed by atoms with van der Waals surface area (Å²) in [4.78, 5) is 50.4. The van der Waals surface area contributed by atoms with Crippen LogP contribution in [0.1, 0.15) is 86.5 Å². The van der Waals surface area contributed by atoms with Gasteiger partial charge in [0, 0.05) is 93.8 Å². The predicted molar refractivity (Wildman–Crippen MR) is 238 cm³/mol. The standard InChI is InChI=1S/C47H55FN10O5/c1-4-31-26-58(44-37(31)23-35(25-50-44)56-20-15-42(60)51-46(56)62)34-13-18-54(19-14-34)28-47(48)16-21-55(22-17-47)45(61)33-11-9-32(10-12-33)41-27-57(29(2)30(3)63-41)39-24-38(52-53-43(39)49)36-7-5-6-8-40(36)59/h5-12,23-26,29-30,34,41,59H,4,13-22,27-28H2,1-3H3,(H2,49,53)(H,51,60,62)/t29-,30+,41+/m1/s1. The molecular formula is C47H55FN10O5. The third kappa shape index (κ3) is 8.41. The lowest BCUT2D eigenvalue weighted by atomic mass is 9.91. The number of phenolic OH excluding ortho intramolecular Hbond substituents is 1. The van der Waals surface area contributed by atoms with E-state index in [-0.39, 0.29) is 66.9 Å². The highest BCUT2D eigenvalue weighted by Crippen LogP contribution is 2.38. The number of nitrogens with zero attached hydrogens (tertiary/aromatic N) is 8. The van der Waals surface area contributed by atoms with E-state index in [1.165, 1.54) is 0 Å². The number of piperidine rings is 2. The largest absolute Gasteiger partial charge is 0.507 e. The Bertz CT molecular complexity index is 2520. The number of rotatable bonds is 9. The zero-order chi connectivity index (χ0) is 44.0. The summed E-state index contributed by atoms with van der Waals surface area (Å²) in [7, 11) is 0. The quantitative estimate of drug-likeness (QED) is 0.149. The molecule has 0 unspecified atom stereocenters. The van der Waals surface area contributed by atoms with Gasteiger partial charge in [0.1, 0.15) is 23.2 Å². The van der Waals surface area contributed by atoms with E-state index >= 15 is 4.39 Å². The number of likely N-dealkylation sites (tertiary alicyclic amines) is 2. The summed E-state index contributed by atoms with van der Waals surface area (Å²) < 4.78 is 25.2. The van der Waals surface area contributed by atoms with Crippen LogP contribution in [-0.4, -0.2) is 116 Å². The van der Waals surface area contributed by atoms with Crippen molar-refractivity contribution in [3.05, 3.63) is 89.7 Å². The van der Waals surface area contributed by atoms with Crippen LogP contribution in [-0.2, 0) is 16.0 Å². The average Bonchev–Trinajstić information content (AvgIpc) is 3.66. The molecule has 63 heavy (non-hydrogen) atoms. The number of aromatic nitrogens is 4. The maximum Gasteiger partial charge on any atom is 0.328 e. The van der Waals surface area contributed by atoms with Gasteiger partial charge in [0.25, 0.3) is 5.91 Å². The highest BCUT2D eigenvalue weighted by molar-refractivity contribution is 6.06. The van der Waals surface area contributed by atoms with Gasteiger partial charge in [0.05, 0.1) is 35.4 Å². The van der Waals surface area contributed by atoms with Crippen molar-refractivity contribution in [2.45, 2.75) is 89.3 Å². The Kier molecular flexibility index (Phi) is 11.5. The van der Waals surface area contributed by atoms with Gasteiger partial charge >= 0.3 is 6.03 Å². The Morgan fingerprint density at radius 1 is 1.00 bits per heavy atom. The van der Waals surface area contributed by atoms with Crippen LogP contribution in [0.2, 0.25) is 0 Å². The van der Waals surface area contributed by atoms with Gasteiger partial charge in [0.15, 0.2) is 5.82 Å². The smallest absolute Gasteiger partial charge is 0.328 e. The second kappa shape index (κ2) is 17.2. The van der Waals surface area contributed by atoms with Gasteiger partial charge in [-0.05, 0) is 80.6 Å². The van der Waals surface area contributed by atoms with Gasteiger partial charge in [0.2, 0.25) is 5.91 Å². The van der Waals surface area contributed by atoms with Crippen LogP contribution in [0.25, 0.3) is 22.3 Å². The number of phenols is 1. The third-order valence-corrected chi connectivity index (χ3v) is 13.6. The number of morpholine rings is 1. The predicted octanol–water partition coefficient (Wildman–Crippen LogP) is 6.43. The number of fused-ring (bicyclic) bond motifs is 1. The Morgan fingerprint density at radius 3 is 2.46 bits per heavy atom. The number of pyridine rings is 1. The number of anilines is 3. The van der Waals surface area contributed by atoms with Gasteiger partial charge in [-0.2, -0.15) is 0 Å². The highest BCUT2D eigenvalue weighted by Gasteiger charge is 2.39. The number of hydrogen-bond donors (Lipinski definition) is 3. The fraction of sp³-hybridized carbons (Fsp3) is 0.447. The van der Waals surface area contributed by atoms with Crippen molar-refractivity contribution in [3.8, 4) is 17.0 Å². The first-order valence-corrected chi connectivity index (χ1v) is 22.1. The number of hydrogen-bond acceptors (Lipinski definition) is 11. The number of ether oxygens (including phenoxy) is 1. The summed E-state index contributed by atoms with van der Waals surface area (Å²) >= 11 is 0. The minimum atomic E-state index is -1.37. The molecule has 3 atom stereocenters. The number of carbonyl (C=O) groups is 3. The van der Waals surface area contributed by atoms with Gasteiger partial charge in [-0.15, -0.1) is 10.2 Å². The summed E-state index contributed by atoms with van der Waals surface area (Å²) in [6.45, 7) is 9.59. The first-order chi connectivity index (χ1) is 30.4. The molecule has 0 aliphatic carbocycles. The molecule has 7 heterocycles. The summed E-state index contributed by atoms with van der Waals surface area (Å²) in [6, 6.07) is 18.1. The lowest BCUT2D eigenvalue weighted by Crippen LogP contribution is -2.51. The van der Waals surface area contributed by atoms with Crippen LogP contribution in [0.5, 0.6) is 5.75 Å². The molecule has 4 aliphatic rings. The van der Waals surface area contributed by atoms with E-state index < -0.39 is 11.7 Å². The van der Waals surface area contributed by atoms with Crippen LogP contribution in [0.3, 0.4) is 0 Å². The van der Waals surface area contributed by atoms with Crippen molar-refractivity contribution in [3.63, 3.8) is 0 Å². The Hall–Kier alpha value is -6.13. The molecule has 2 aromatic carbocycles. The molecule has 0 saturated carbocycles. The zero-order valence-corrected chi connectivity index (χ0v) is 36.0. The molecule has 4 aliphatic heterocycles. The number of alkyl halides is 1. The normalized spacial score (nSPS) is 22.4. The molecule has 5 aromatic rings. The van der Waals surface area contributed by atoms with Crippen LogP contribution in [0, 0.1) is 0 Å². The lowest BCUT2D eigenvalue weighted by molar-refractivity contribution is -0.120. The molecule has 16 heteroatoms. The Labute approximate surface area is 366 Å². The molecular weight excluding hydrogens is 804 g/mol. The number of urea groups is 1. The monoisotopic (exact) mass is 858 g/mol. The maximum absolute atomic E-state index is 16.4. The van der Waals surface area contributed by atoms with E-state index in [4.69, 9.17) is 15.5 Å². The van der Waals surface area contributed by atoms with Gasteiger partial charge < -0.3 is 34.8 Å². The fourth-order valence-electron chi connectivity index (χ4n) is 9.71.